The van der Waals surface area contributed by atoms with Gasteiger partial charge in [-0.3, -0.25) is 4.79 Å². The predicted octanol–water partition coefficient (Wildman–Crippen LogP) is 5.38. The molecule has 10 nitrogen and oxygen atoms in total. The van der Waals surface area contributed by atoms with Crippen molar-refractivity contribution < 1.29 is 13.2 Å². The Balaban J connectivity index is 1.12. The first kappa shape index (κ1) is 31.2. The third-order valence-corrected chi connectivity index (χ3v) is 12.0. The highest BCUT2D eigenvalue weighted by Gasteiger charge is 2.41. The van der Waals surface area contributed by atoms with Crippen LogP contribution in [0.1, 0.15) is 67.3 Å². The molecule has 2 fully saturated rings. The highest BCUT2D eigenvalue weighted by molar-refractivity contribution is 7.89. The Labute approximate surface area is 266 Å². The SMILES string of the molecule is CN1CCC(N(C)C(=O)c2ccc(Nc3nc4c(C5CCC(C)(N(C)S(=O)(=O)c6ccccc6)CC5)cccn4n3)cc2)CC1. The standard InChI is InChI=1S/C34H43N7O3S/c1-34(40(4)45(43,44)29-9-6-5-7-10-29)20-16-25(17-21-34)30-11-8-22-41-31(30)36-33(37-41)35-27-14-12-26(13-15-27)32(42)39(3)28-18-23-38(2)24-19-28/h5-15,22,25,28H,16-21,23-24H2,1-4H3,(H,35,37). The lowest BCUT2D eigenvalue weighted by atomic mass is 9.75. The predicted molar refractivity (Wildman–Crippen MR) is 176 cm³/mol. The van der Waals surface area contributed by atoms with Crippen molar-refractivity contribution in [2.24, 2.45) is 0 Å². The van der Waals surface area contributed by atoms with E-state index in [-0.39, 0.29) is 17.9 Å². The van der Waals surface area contributed by atoms with Crippen molar-refractivity contribution >= 4 is 33.2 Å². The fourth-order valence-corrected chi connectivity index (χ4v) is 8.36. The van der Waals surface area contributed by atoms with Crippen molar-refractivity contribution in [3.05, 3.63) is 84.1 Å². The highest BCUT2D eigenvalue weighted by Crippen LogP contribution is 2.43. The summed E-state index contributed by atoms with van der Waals surface area (Å²) in [7, 11) is 2.15. The smallest absolute Gasteiger partial charge is 0.253 e. The number of benzene rings is 2. The number of carbonyl (C=O) groups excluding carboxylic acids is 1. The molecule has 238 valence electrons. The maximum atomic E-state index is 13.4. The molecule has 4 aromatic rings. The van der Waals surface area contributed by atoms with E-state index in [1.807, 2.05) is 54.5 Å². The minimum absolute atomic E-state index is 0.0408. The van der Waals surface area contributed by atoms with E-state index in [0.29, 0.717) is 16.4 Å². The van der Waals surface area contributed by atoms with Gasteiger partial charge in [0.05, 0.1) is 4.90 Å². The number of hydrogen-bond acceptors (Lipinski definition) is 7. The van der Waals surface area contributed by atoms with E-state index < -0.39 is 15.6 Å². The van der Waals surface area contributed by atoms with E-state index >= 15 is 0 Å². The average Bonchev–Trinajstić information content (AvgIpc) is 3.48. The van der Waals surface area contributed by atoms with Gasteiger partial charge < -0.3 is 15.1 Å². The first-order valence-electron chi connectivity index (χ1n) is 15.8. The number of fused-ring (bicyclic) bond motifs is 1. The first-order chi connectivity index (χ1) is 21.5. The van der Waals surface area contributed by atoms with Gasteiger partial charge in [-0.15, -0.1) is 5.10 Å². The van der Waals surface area contributed by atoms with Gasteiger partial charge in [0, 0.05) is 48.7 Å². The van der Waals surface area contributed by atoms with Crippen molar-refractivity contribution in [2.75, 3.05) is 39.5 Å². The molecule has 0 spiro atoms. The second kappa shape index (κ2) is 12.5. The van der Waals surface area contributed by atoms with E-state index in [2.05, 4.69) is 35.4 Å². The van der Waals surface area contributed by atoms with Crippen LogP contribution in [0, 0.1) is 0 Å². The number of amides is 1. The number of piperidine rings is 1. The van der Waals surface area contributed by atoms with Crippen LogP contribution in [0.15, 0.2) is 77.8 Å². The molecule has 1 saturated heterocycles. The van der Waals surface area contributed by atoms with Crippen molar-refractivity contribution in [3.63, 3.8) is 0 Å². The summed E-state index contributed by atoms with van der Waals surface area (Å²) in [5.74, 6) is 0.775. The number of nitrogens with zero attached hydrogens (tertiary/aromatic N) is 6. The van der Waals surface area contributed by atoms with Crippen LogP contribution in [0.2, 0.25) is 0 Å². The van der Waals surface area contributed by atoms with Crippen LogP contribution in [-0.2, 0) is 10.0 Å². The molecule has 2 aromatic heterocycles. The average molecular weight is 630 g/mol. The quantitative estimate of drug-likeness (QED) is 0.279. The molecule has 0 atom stereocenters. The lowest BCUT2D eigenvalue weighted by molar-refractivity contribution is 0.0659. The highest BCUT2D eigenvalue weighted by atomic mass is 32.2. The second-order valence-corrected chi connectivity index (χ2v) is 14.8. The molecule has 2 aromatic carbocycles. The van der Waals surface area contributed by atoms with Crippen LogP contribution in [0.4, 0.5) is 11.6 Å². The Kier molecular flexibility index (Phi) is 8.69. The monoisotopic (exact) mass is 629 g/mol. The Bertz CT molecular complexity index is 1740. The minimum Gasteiger partial charge on any atom is -0.339 e. The molecule has 1 aliphatic heterocycles. The summed E-state index contributed by atoms with van der Waals surface area (Å²) in [4.78, 5) is 22.5. The second-order valence-electron chi connectivity index (χ2n) is 12.9. The largest absolute Gasteiger partial charge is 0.339 e. The Morgan fingerprint density at radius 2 is 1.60 bits per heavy atom. The van der Waals surface area contributed by atoms with Crippen molar-refractivity contribution in [3.8, 4) is 0 Å². The Hall–Kier alpha value is -3.80. The molecule has 1 amide bonds. The van der Waals surface area contributed by atoms with E-state index in [4.69, 9.17) is 4.98 Å². The zero-order valence-electron chi connectivity index (χ0n) is 26.6. The maximum Gasteiger partial charge on any atom is 0.253 e. The summed E-state index contributed by atoms with van der Waals surface area (Å²) >= 11 is 0. The number of rotatable bonds is 8. The molecule has 3 heterocycles. The molecule has 11 heteroatoms. The molecular weight excluding hydrogens is 586 g/mol. The number of likely N-dealkylation sites (tertiary alicyclic amines) is 1. The fraction of sp³-hybridized carbons (Fsp3) is 0.441. The summed E-state index contributed by atoms with van der Waals surface area (Å²) in [5, 5.41) is 7.97. The van der Waals surface area contributed by atoms with Gasteiger partial charge in [0.1, 0.15) is 0 Å². The van der Waals surface area contributed by atoms with E-state index in [1.165, 1.54) is 0 Å². The van der Waals surface area contributed by atoms with Crippen molar-refractivity contribution in [2.45, 2.75) is 67.8 Å². The Morgan fingerprint density at radius 1 is 0.933 bits per heavy atom. The summed E-state index contributed by atoms with van der Waals surface area (Å²) in [6.07, 6.45) is 7.08. The molecule has 1 aliphatic carbocycles. The number of anilines is 2. The van der Waals surface area contributed by atoms with Crippen LogP contribution in [-0.4, -0.2) is 88.8 Å². The van der Waals surface area contributed by atoms with E-state index in [0.717, 1.165) is 68.5 Å². The minimum atomic E-state index is -3.58. The summed E-state index contributed by atoms with van der Waals surface area (Å²) < 4.78 is 30.1. The van der Waals surface area contributed by atoms with Crippen LogP contribution in [0.5, 0.6) is 0 Å². The maximum absolute atomic E-state index is 13.4. The molecular formula is C34H43N7O3S. The van der Waals surface area contributed by atoms with Gasteiger partial charge in [0.15, 0.2) is 5.65 Å². The number of sulfonamides is 1. The van der Waals surface area contributed by atoms with Crippen molar-refractivity contribution in [1.29, 1.82) is 0 Å². The van der Waals surface area contributed by atoms with Gasteiger partial charge >= 0.3 is 0 Å². The lowest BCUT2D eigenvalue weighted by Gasteiger charge is -2.43. The molecule has 6 rings (SSSR count). The van der Waals surface area contributed by atoms with Gasteiger partial charge in [-0.1, -0.05) is 24.3 Å². The molecule has 2 aliphatic rings. The molecule has 1 N–H and O–H groups in total. The number of aromatic nitrogens is 3. The zero-order chi connectivity index (χ0) is 31.8. The van der Waals surface area contributed by atoms with Crippen LogP contribution in [0.3, 0.4) is 0 Å². The lowest BCUT2D eigenvalue weighted by Crippen LogP contribution is -2.49. The third-order valence-electron chi connectivity index (χ3n) is 10.0. The molecule has 45 heavy (non-hydrogen) atoms. The molecule has 0 bridgehead atoms. The number of pyridine rings is 1. The molecule has 0 radical (unpaired) electrons. The van der Waals surface area contributed by atoms with Crippen LogP contribution >= 0.6 is 0 Å². The molecule has 1 saturated carbocycles. The van der Waals surface area contributed by atoms with Gasteiger partial charge in [0.2, 0.25) is 16.0 Å². The van der Waals surface area contributed by atoms with Gasteiger partial charge in [0.25, 0.3) is 5.91 Å². The van der Waals surface area contributed by atoms with Crippen LogP contribution in [0.25, 0.3) is 5.65 Å². The normalized spacial score (nSPS) is 21.7. The molecule has 0 unspecified atom stereocenters. The number of hydrogen-bond donors (Lipinski definition) is 1. The van der Waals surface area contributed by atoms with Crippen LogP contribution < -0.4 is 5.32 Å². The summed E-state index contributed by atoms with van der Waals surface area (Å²) in [6, 6.07) is 20.5. The van der Waals surface area contributed by atoms with Crippen molar-refractivity contribution in [1.82, 2.24) is 28.7 Å². The van der Waals surface area contributed by atoms with Gasteiger partial charge in [-0.05, 0) is 114 Å². The number of nitrogens with one attached hydrogen (secondary N) is 1. The van der Waals surface area contributed by atoms with Gasteiger partial charge in [-0.25, -0.2) is 12.9 Å². The summed E-state index contributed by atoms with van der Waals surface area (Å²) in [6.45, 7) is 4.07. The van der Waals surface area contributed by atoms with E-state index in [9.17, 15) is 13.2 Å². The topological polar surface area (TPSA) is 103 Å². The van der Waals surface area contributed by atoms with Gasteiger partial charge in [-0.2, -0.15) is 9.29 Å². The summed E-state index contributed by atoms with van der Waals surface area (Å²) in [5.41, 5.74) is 2.92. The zero-order valence-corrected chi connectivity index (χ0v) is 27.4. The first-order valence-corrected chi connectivity index (χ1v) is 17.2. The fourth-order valence-electron chi connectivity index (χ4n) is 6.78. The van der Waals surface area contributed by atoms with E-state index in [1.54, 1.807) is 40.1 Å². The third kappa shape index (κ3) is 6.34. The Morgan fingerprint density at radius 3 is 2.27 bits per heavy atom. The number of carbonyl (C=O) groups is 1.